The SMILES string of the molecule is [CH-]1CC2(C1)CCC2.[W]. The third kappa shape index (κ3) is 0.777. The summed E-state index contributed by atoms with van der Waals surface area (Å²) in [5.41, 5.74) is 0.889. The number of hydrogen-bond acceptors (Lipinski definition) is 0. The molecule has 0 aromatic carbocycles. The van der Waals surface area contributed by atoms with Gasteiger partial charge in [-0.2, -0.15) is 12.8 Å². The minimum absolute atomic E-state index is 0. The van der Waals surface area contributed by atoms with E-state index in [0.29, 0.717) is 0 Å². The maximum atomic E-state index is 2.42. The topological polar surface area (TPSA) is 0 Å². The molecule has 0 aromatic heterocycles. The first-order chi connectivity index (χ1) is 3.41. The van der Waals surface area contributed by atoms with Crippen molar-refractivity contribution < 1.29 is 21.1 Å². The van der Waals surface area contributed by atoms with Gasteiger partial charge < -0.3 is 6.42 Å². The quantitative estimate of drug-likeness (QED) is 0.596. The molecule has 8 heavy (non-hydrogen) atoms. The first-order valence-electron chi connectivity index (χ1n) is 3.23. The van der Waals surface area contributed by atoms with Crippen LogP contribution >= 0.6 is 0 Å². The van der Waals surface area contributed by atoms with Crippen LogP contribution in [0.15, 0.2) is 0 Å². The summed E-state index contributed by atoms with van der Waals surface area (Å²) in [7, 11) is 0. The first-order valence-corrected chi connectivity index (χ1v) is 3.23. The normalized spacial score (nSPS) is 30.0. The minimum atomic E-state index is 0. The Morgan fingerprint density at radius 3 is 1.75 bits per heavy atom. The number of rotatable bonds is 0. The molecular weight excluding hydrogens is 268 g/mol. The Hall–Kier alpha value is 0.688. The molecule has 2 saturated carbocycles. The molecule has 2 fully saturated rings. The average molecular weight is 279 g/mol. The molecule has 0 aromatic rings. The zero-order chi connectivity index (χ0) is 4.74. The molecule has 2 aliphatic carbocycles. The smallest absolute Gasteiger partial charge is 0 e. The molecule has 0 nitrogen and oxygen atoms in total. The van der Waals surface area contributed by atoms with E-state index in [9.17, 15) is 0 Å². The molecule has 1 heteroatoms. The molecule has 1 spiro atoms. The minimum Gasteiger partial charge on any atom is -0.328 e. The van der Waals surface area contributed by atoms with Gasteiger partial charge in [-0.05, 0) is 0 Å². The maximum absolute atomic E-state index is 2.42. The summed E-state index contributed by atoms with van der Waals surface area (Å²) < 4.78 is 0. The van der Waals surface area contributed by atoms with Crippen molar-refractivity contribution in [2.45, 2.75) is 32.1 Å². The van der Waals surface area contributed by atoms with Crippen molar-refractivity contribution in [2.24, 2.45) is 5.41 Å². The van der Waals surface area contributed by atoms with E-state index in [0.717, 1.165) is 5.41 Å². The van der Waals surface area contributed by atoms with Gasteiger partial charge in [0.25, 0.3) is 0 Å². The van der Waals surface area contributed by atoms with Gasteiger partial charge in [0, 0.05) is 21.1 Å². The van der Waals surface area contributed by atoms with Gasteiger partial charge in [-0.15, -0.1) is 0 Å². The van der Waals surface area contributed by atoms with Crippen LogP contribution in [0.1, 0.15) is 32.1 Å². The molecule has 0 aliphatic heterocycles. The van der Waals surface area contributed by atoms with Crippen LogP contribution in [0.25, 0.3) is 0 Å². The molecule has 0 radical (unpaired) electrons. The van der Waals surface area contributed by atoms with Crippen LogP contribution in [0.4, 0.5) is 0 Å². The van der Waals surface area contributed by atoms with E-state index in [4.69, 9.17) is 0 Å². The number of hydrogen-bond donors (Lipinski definition) is 0. The molecule has 2 aliphatic rings. The van der Waals surface area contributed by atoms with Crippen LogP contribution in [0.3, 0.4) is 0 Å². The summed E-state index contributed by atoms with van der Waals surface area (Å²) in [6.07, 6.45) is 9.86. The second-order valence-corrected chi connectivity index (χ2v) is 3.05. The summed E-state index contributed by atoms with van der Waals surface area (Å²) in [6.45, 7) is 0. The zero-order valence-corrected chi connectivity index (χ0v) is 7.95. The molecule has 46 valence electrons. The van der Waals surface area contributed by atoms with Crippen LogP contribution in [-0.4, -0.2) is 0 Å². The second-order valence-electron chi connectivity index (χ2n) is 3.05. The molecule has 0 unspecified atom stereocenters. The Kier molecular flexibility index (Phi) is 1.82. The van der Waals surface area contributed by atoms with Gasteiger partial charge in [-0.25, -0.2) is 0 Å². The maximum Gasteiger partial charge on any atom is 0 e. The third-order valence-electron chi connectivity index (χ3n) is 2.57. The van der Waals surface area contributed by atoms with Crippen LogP contribution in [0, 0.1) is 11.8 Å². The van der Waals surface area contributed by atoms with Crippen molar-refractivity contribution in [3.05, 3.63) is 6.42 Å². The van der Waals surface area contributed by atoms with Gasteiger partial charge in [-0.1, -0.05) is 24.7 Å². The Bertz CT molecular complexity index is 64.9. The Morgan fingerprint density at radius 1 is 1.12 bits per heavy atom. The molecule has 2 rings (SSSR count). The molecule has 0 saturated heterocycles. The standard InChI is InChI=1S/C7H11.W/c1-3-7(4-1)5-2-6-7;/h1H,2-6H2;/q-1;. The Balaban J connectivity index is 0.000000320. The van der Waals surface area contributed by atoms with Crippen molar-refractivity contribution >= 4 is 0 Å². The molecule has 0 atom stereocenters. The second kappa shape index (κ2) is 2.14. The van der Waals surface area contributed by atoms with Crippen molar-refractivity contribution in [3.8, 4) is 0 Å². The van der Waals surface area contributed by atoms with Crippen LogP contribution in [0.5, 0.6) is 0 Å². The molecular formula is C7H11W-. The predicted octanol–water partition coefficient (Wildman–Crippen LogP) is 2.15. The van der Waals surface area contributed by atoms with Gasteiger partial charge >= 0.3 is 0 Å². The van der Waals surface area contributed by atoms with E-state index in [2.05, 4.69) is 6.42 Å². The van der Waals surface area contributed by atoms with Crippen molar-refractivity contribution in [3.63, 3.8) is 0 Å². The fourth-order valence-electron chi connectivity index (χ4n) is 1.64. The summed E-state index contributed by atoms with van der Waals surface area (Å²) in [5, 5.41) is 0. The largest absolute Gasteiger partial charge is 0.328 e. The van der Waals surface area contributed by atoms with Crippen LogP contribution in [0.2, 0.25) is 0 Å². The monoisotopic (exact) mass is 279 g/mol. The summed E-state index contributed by atoms with van der Waals surface area (Å²) in [4.78, 5) is 0. The fraction of sp³-hybridized carbons (Fsp3) is 0.857. The van der Waals surface area contributed by atoms with E-state index < -0.39 is 0 Å². The van der Waals surface area contributed by atoms with E-state index in [-0.39, 0.29) is 21.1 Å². The zero-order valence-electron chi connectivity index (χ0n) is 5.02. The van der Waals surface area contributed by atoms with Crippen molar-refractivity contribution in [1.29, 1.82) is 0 Å². The molecule has 0 N–H and O–H groups in total. The van der Waals surface area contributed by atoms with E-state index in [1.165, 1.54) is 32.1 Å². The third-order valence-corrected chi connectivity index (χ3v) is 2.57. The van der Waals surface area contributed by atoms with Crippen molar-refractivity contribution in [1.82, 2.24) is 0 Å². The fourth-order valence-corrected chi connectivity index (χ4v) is 1.64. The van der Waals surface area contributed by atoms with Gasteiger partial charge in [0.05, 0.1) is 0 Å². The molecule has 0 heterocycles. The van der Waals surface area contributed by atoms with E-state index in [1.54, 1.807) is 0 Å². The first kappa shape index (κ1) is 6.80. The predicted molar refractivity (Wildman–Crippen MR) is 29.8 cm³/mol. The molecule has 0 amide bonds. The Morgan fingerprint density at radius 2 is 1.75 bits per heavy atom. The van der Waals surface area contributed by atoms with E-state index in [1.807, 2.05) is 0 Å². The molecule has 0 bridgehead atoms. The van der Waals surface area contributed by atoms with Gasteiger partial charge in [0.1, 0.15) is 0 Å². The van der Waals surface area contributed by atoms with Gasteiger partial charge in [0.15, 0.2) is 0 Å². The van der Waals surface area contributed by atoms with Gasteiger partial charge in [0.2, 0.25) is 0 Å². The summed E-state index contributed by atoms with van der Waals surface area (Å²) >= 11 is 0. The van der Waals surface area contributed by atoms with Crippen molar-refractivity contribution in [2.75, 3.05) is 0 Å². The van der Waals surface area contributed by atoms with Crippen LogP contribution < -0.4 is 0 Å². The van der Waals surface area contributed by atoms with Crippen LogP contribution in [-0.2, 0) is 21.1 Å². The summed E-state index contributed by atoms with van der Waals surface area (Å²) in [6, 6.07) is 0. The van der Waals surface area contributed by atoms with Gasteiger partial charge in [-0.3, -0.25) is 0 Å². The Labute approximate surface area is 65.3 Å². The van der Waals surface area contributed by atoms with E-state index >= 15 is 0 Å². The summed E-state index contributed by atoms with van der Waals surface area (Å²) in [5.74, 6) is 0. The average Bonchev–Trinajstić information content (AvgIpc) is 1.20.